The largest absolute Gasteiger partial charge is 0.411 e. The second-order valence-corrected chi connectivity index (χ2v) is 6.05. The Balaban J connectivity index is 1.85. The van der Waals surface area contributed by atoms with Crippen molar-refractivity contribution in [3.05, 3.63) is 72.3 Å². The summed E-state index contributed by atoms with van der Waals surface area (Å²) in [6, 6.07) is 15.5. The zero-order chi connectivity index (χ0) is 18.1. The van der Waals surface area contributed by atoms with Crippen LogP contribution < -0.4 is 0 Å². The highest BCUT2D eigenvalue weighted by molar-refractivity contribution is 5.96. The topological polar surface area (TPSA) is 75.7 Å². The van der Waals surface area contributed by atoms with Gasteiger partial charge in [0.2, 0.25) is 0 Å². The molecule has 0 atom stereocenters. The van der Waals surface area contributed by atoms with Gasteiger partial charge in [0, 0.05) is 17.5 Å². The van der Waals surface area contributed by atoms with Gasteiger partial charge in [-0.3, -0.25) is 4.40 Å². The molecule has 6 heteroatoms. The predicted molar refractivity (Wildman–Crippen MR) is 100 cm³/mol. The number of imidazole rings is 1. The van der Waals surface area contributed by atoms with E-state index in [0.717, 1.165) is 34.0 Å². The molecule has 4 aromatic rings. The summed E-state index contributed by atoms with van der Waals surface area (Å²) in [5.74, 6) is 0.787. The average Bonchev–Trinajstić information content (AvgIpc) is 3.10. The number of hydrogen-bond donors (Lipinski definition) is 1. The number of aromatic nitrogens is 4. The normalized spacial score (nSPS) is 11.8. The summed E-state index contributed by atoms with van der Waals surface area (Å²) in [5, 5.41) is 12.2. The minimum atomic E-state index is 0.472. The summed E-state index contributed by atoms with van der Waals surface area (Å²) in [4.78, 5) is 13.7. The molecule has 0 saturated heterocycles. The van der Waals surface area contributed by atoms with Crippen LogP contribution >= 0.6 is 0 Å². The van der Waals surface area contributed by atoms with E-state index < -0.39 is 0 Å². The fourth-order valence-electron chi connectivity index (χ4n) is 2.85. The summed E-state index contributed by atoms with van der Waals surface area (Å²) in [5.41, 5.74) is 5.60. The number of fused-ring (bicyclic) bond motifs is 1. The molecule has 0 unspecified atom stereocenters. The first-order chi connectivity index (χ1) is 12.7. The molecule has 4 aromatic heterocycles. The van der Waals surface area contributed by atoms with Gasteiger partial charge in [0.1, 0.15) is 11.4 Å². The second-order valence-electron chi connectivity index (χ2n) is 6.05. The quantitative estimate of drug-likeness (QED) is 0.347. The molecule has 1 N–H and O–H groups in total. The van der Waals surface area contributed by atoms with Crippen LogP contribution in [0.3, 0.4) is 0 Å². The first-order valence-electron chi connectivity index (χ1n) is 8.23. The van der Waals surface area contributed by atoms with E-state index in [0.29, 0.717) is 11.4 Å². The van der Waals surface area contributed by atoms with Crippen molar-refractivity contribution in [3.63, 3.8) is 0 Å². The highest BCUT2D eigenvalue weighted by Gasteiger charge is 2.10. The zero-order valence-electron chi connectivity index (χ0n) is 14.5. The lowest BCUT2D eigenvalue weighted by atomic mass is 10.1. The lowest BCUT2D eigenvalue weighted by Crippen LogP contribution is -2.00. The molecule has 4 heterocycles. The van der Waals surface area contributed by atoms with Gasteiger partial charge in [0.05, 0.1) is 23.1 Å². The van der Waals surface area contributed by atoms with Crippen LogP contribution in [0.2, 0.25) is 0 Å². The fraction of sp³-hybridized carbons (Fsp3) is 0.100. The molecule has 0 aliphatic heterocycles. The van der Waals surface area contributed by atoms with Crippen molar-refractivity contribution in [1.82, 2.24) is 19.4 Å². The van der Waals surface area contributed by atoms with Crippen molar-refractivity contribution in [1.29, 1.82) is 0 Å². The highest BCUT2D eigenvalue weighted by atomic mass is 16.4. The zero-order valence-corrected chi connectivity index (χ0v) is 14.5. The van der Waals surface area contributed by atoms with Crippen molar-refractivity contribution < 1.29 is 5.21 Å². The Morgan fingerprint density at radius 1 is 1.00 bits per heavy atom. The van der Waals surface area contributed by atoms with Gasteiger partial charge in [-0.1, -0.05) is 17.3 Å². The number of oxime groups is 1. The number of nitrogens with zero attached hydrogens (tertiary/aromatic N) is 5. The number of pyridine rings is 3. The van der Waals surface area contributed by atoms with Crippen molar-refractivity contribution in [2.75, 3.05) is 0 Å². The molecule has 0 amide bonds. The van der Waals surface area contributed by atoms with E-state index >= 15 is 0 Å². The Hall–Kier alpha value is -3.54. The molecular formula is C20H17N5O. The Kier molecular flexibility index (Phi) is 3.93. The molecule has 0 bridgehead atoms. The maximum absolute atomic E-state index is 8.98. The first kappa shape index (κ1) is 16.0. The number of aryl methyl sites for hydroxylation is 1. The van der Waals surface area contributed by atoms with Gasteiger partial charge in [-0.05, 0) is 50.2 Å². The van der Waals surface area contributed by atoms with E-state index in [9.17, 15) is 0 Å². The Labute approximate surface area is 150 Å². The van der Waals surface area contributed by atoms with E-state index in [1.165, 1.54) is 0 Å². The maximum atomic E-state index is 8.98. The van der Waals surface area contributed by atoms with Crippen LogP contribution in [0, 0.1) is 6.92 Å². The molecule has 0 aliphatic carbocycles. The molecule has 6 nitrogen and oxygen atoms in total. The van der Waals surface area contributed by atoms with E-state index in [4.69, 9.17) is 5.21 Å². The molecule has 0 aromatic carbocycles. The molecule has 26 heavy (non-hydrogen) atoms. The molecule has 0 aliphatic rings. The van der Waals surface area contributed by atoms with Gasteiger partial charge in [0.15, 0.2) is 5.82 Å². The third kappa shape index (κ3) is 2.82. The van der Waals surface area contributed by atoms with Crippen molar-refractivity contribution in [3.8, 4) is 22.8 Å². The van der Waals surface area contributed by atoms with Crippen LogP contribution in [0.25, 0.3) is 28.3 Å². The minimum absolute atomic E-state index is 0.472. The standard InChI is InChI=1S/C20H17N5O/c1-13-5-3-8-19(22-13)20-21-11-16-10-9-15(12-25(16)20)18-7-4-6-17(23-18)14(2)24-26/h3-12,26H,1-2H3/b24-14+. The number of hydrogen-bond acceptors (Lipinski definition) is 5. The van der Waals surface area contributed by atoms with Gasteiger partial charge in [-0.15, -0.1) is 0 Å². The van der Waals surface area contributed by atoms with Crippen LogP contribution in [0.15, 0.2) is 66.1 Å². The lowest BCUT2D eigenvalue weighted by molar-refractivity contribution is 0.319. The van der Waals surface area contributed by atoms with E-state index in [-0.39, 0.29) is 0 Å². The van der Waals surface area contributed by atoms with Crippen LogP contribution in [0.4, 0.5) is 0 Å². The van der Waals surface area contributed by atoms with Crippen LogP contribution in [-0.2, 0) is 0 Å². The summed E-state index contributed by atoms with van der Waals surface area (Å²) in [7, 11) is 0. The summed E-state index contributed by atoms with van der Waals surface area (Å²) >= 11 is 0. The molecule has 0 saturated carbocycles. The van der Waals surface area contributed by atoms with Crippen LogP contribution in [0.5, 0.6) is 0 Å². The van der Waals surface area contributed by atoms with Gasteiger partial charge in [-0.25, -0.2) is 15.0 Å². The number of rotatable bonds is 3. The highest BCUT2D eigenvalue weighted by Crippen LogP contribution is 2.23. The Bertz CT molecular complexity index is 1130. The summed E-state index contributed by atoms with van der Waals surface area (Å²) in [6.45, 7) is 3.68. The molecule has 128 valence electrons. The SMILES string of the molecule is C/C(=N\O)c1cccc(-c2ccc3cnc(-c4cccc(C)n4)n3c2)n1. The minimum Gasteiger partial charge on any atom is -0.411 e. The van der Waals surface area contributed by atoms with E-state index in [2.05, 4.69) is 20.1 Å². The molecular weight excluding hydrogens is 326 g/mol. The third-order valence-corrected chi connectivity index (χ3v) is 4.21. The van der Waals surface area contributed by atoms with Gasteiger partial charge < -0.3 is 5.21 Å². The molecule has 0 radical (unpaired) electrons. The summed E-state index contributed by atoms with van der Waals surface area (Å²) < 4.78 is 2.01. The smallest absolute Gasteiger partial charge is 0.163 e. The van der Waals surface area contributed by atoms with Crippen LogP contribution in [-0.4, -0.2) is 30.3 Å². The molecule has 0 spiro atoms. The predicted octanol–water partition coefficient (Wildman–Crippen LogP) is 3.96. The Morgan fingerprint density at radius 3 is 2.62 bits per heavy atom. The van der Waals surface area contributed by atoms with Crippen molar-refractivity contribution in [2.45, 2.75) is 13.8 Å². The summed E-state index contributed by atoms with van der Waals surface area (Å²) in [6.07, 6.45) is 3.83. The molecule has 4 rings (SSSR count). The molecule has 0 fully saturated rings. The van der Waals surface area contributed by atoms with Gasteiger partial charge in [-0.2, -0.15) is 0 Å². The first-order valence-corrected chi connectivity index (χ1v) is 8.23. The van der Waals surface area contributed by atoms with E-state index in [1.54, 1.807) is 6.92 Å². The monoisotopic (exact) mass is 343 g/mol. The van der Waals surface area contributed by atoms with Gasteiger partial charge in [0.25, 0.3) is 0 Å². The van der Waals surface area contributed by atoms with E-state index in [1.807, 2.05) is 72.2 Å². The maximum Gasteiger partial charge on any atom is 0.163 e. The van der Waals surface area contributed by atoms with Crippen LogP contribution in [0.1, 0.15) is 18.3 Å². The lowest BCUT2D eigenvalue weighted by Gasteiger charge is -2.07. The van der Waals surface area contributed by atoms with Gasteiger partial charge >= 0.3 is 0 Å². The van der Waals surface area contributed by atoms with Crippen molar-refractivity contribution in [2.24, 2.45) is 5.16 Å². The second kappa shape index (κ2) is 6.40. The van der Waals surface area contributed by atoms with Crippen molar-refractivity contribution >= 4 is 11.2 Å². The Morgan fingerprint density at radius 2 is 1.81 bits per heavy atom. The fourth-order valence-corrected chi connectivity index (χ4v) is 2.85. The third-order valence-electron chi connectivity index (χ3n) is 4.21. The average molecular weight is 343 g/mol.